The van der Waals surface area contributed by atoms with Crippen LogP contribution in [0.2, 0.25) is 5.02 Å². The van der Waals surface area contributed by atoms with Gasteiger partial charge in [0.2, 0.25) is 0 Å². The fourth-order valence-electron chi connectivity index (χ4n) is 3.87. The predicted molar refractivity (Wildman–Crippen MR) is 121 cm³/mol. The fourth-order valence-corrected chi connectivity index (χ4v) is 4.00. The van der Waals surface area contributed by atoms with Gasteiger partial charge >= 0.3 is 6.03 Å². The minimum Gasteiger partial charge on any atom is -0.378 e. The van der Waals surface area contributed by atoms with Crippen LogP contribution in [0.5, 0.6) is 0 Å². The van der Waals surface area contributed by atoms with Crippen LogP contribution >= 0.6 is 11.6 Å². The van der Waals surface area contributed by atoms with Gasteiger partial charge in [0.15, 0.2) is 5.78 Å². The summed E-state index contributed by atoms with van der Waals surface area (Å²) in [7, 11) is 0. The molecule has 0 radical (unpaired) electrons. The number of hydrogen-bond acceptors (Lipinski definition) is 5. The molecule has 0 bridgehead atoms. The number of piperazine rings is 1. The number of Topliss-reactive ketones (excluding diaryl/α,β-unsaturated/α-hetero) is 1. The number of ether oxygens (including phenoxy) is 1. The van der Waals surface area contributed by atoms with Gasteiger partial charge < -0.3 is 15.4 Å². The lowest BCUT2D eigenvalue weighted by atomic mass is 10.1. The predicted octanol–water partition coefficient (Wildman–Crippen LogP) is 2.62. The second kappa shape index (κ2) is 9.78. The van der Waals surface area contributed by atoms with Crippen molar-refractivity contribution in [2.75, 3.05) is 50.8 Å². The van der Waals surface area contributed by atoms with Gasteiger partial charge in [0.05, 0.1) is 32.3 Å². The molecule has 2 aliphatic rings. The number of ketones is 1. The van der Waals surface area contributed by atoms with Crippen LogP contribution in [0.15, 0.2) is 48.5 Å². The fraction of sp³-hybridized carbons (Fsp3) is 0.391. The molecular formula is C23H27ClN4O3. The molecule has 2 heterocycles. The third kappa shape index (κ3) is 5.07. The van der Waals surface area contributed by atoms with Crippen LogP contribution in [-0.4, -0.2) is 73.6 Å². The molecule has 0 spiro atoms. The molecule has 8 heteroatoms. The lowest BCUT2D eigenvalue weighted by molar-refractivity contribution is -0.0738. The van der Waals surface area contributed by atoms with Gasteiger partial charge in [-0.05, 0) is 29.8 Å². The average Bonchev–Trinajstić information content (AvgIpc) is 2.77. The Morgan fingerprint density at radius 2 is 1.65 bits per heavy atom. The Morgan fingerprint density at radius 3 is 2.19 bits per heavy atom. The summed E-state index contributed by atoms with van der Waals surface area (Å²) in [6, 6.07) is 15.0. The van der Waals surface area contributed by atoms with E-state index in [-0.39, 0.29) is 18.4 Å². The monoisotopic (exact) mass is 442 g/mol. The molecule has 2 saturated heterocycles. The van der Waals surface area contributed by atoms with Crippen LogP contribution in [0.4, 0.5) is 10.5 Å². The van der Waals surface area contributed by atoms with Gasteiger partial charge in [-0.3, -0.25) is 14.6 Å². The minimum absolute atomic E-state index is 0.0201. The largest absolute Gasteiger partial charge is 0.378 e. The standard InChI is InChI=1S/C23H27ClN4O3/c24-19-5-7-20(8-6-19)28(14-17-1-3-18(4-2-17)22(29)13-25)23(30)27-11-9-26(10-12-27)21-15-31-16-21/h1-8,21H,9-16,25H2. The molecule has 2 aromatic rings. The van der Waals surface area contributed by atoms with Crippen LogP contribution in [0, 0.1) is 0 Å². The average molecular weight is 443 g/mol. The number of benzene rings is 2. The van der Waals surface area contributed by atoms with E-state index in [0.29, 0.717) is 36.3 Å². The first-order valence-electron chi connectivity index (χ1n) is 10.5. The summed E-state index contributed by atoms with van der Waals surface area (Å²) in [5.74, 6) is -0.105. The van der Waals surface area contributed by atoms with Crippen molar-refractivity contribution in [2.24, 2.45) is 5.73 Å². The summed E-state index contributed by atoms with van der Waals surface area (Å²) >= 11 is 6.06. The van der Waals surface area contributed by atoms with Gasteiger partial charge in [-0.2, -0.15) is 0 Å². The number of urea groups is 1. The van der Waals surface area contributed by atoms with E-state index in [1.807, 2.05) is 29.2 Å². The van der Waals surface area contributed by atoms with E-state index in [4.69, 9.17) is 22.1 Å². The van der Waals surface area contributed by atoms with Gasteiger partial charge in [-0.1, -0.05) is 35.9 Å². The molecule has 0 saturated carbocycles. The maximum Gasteiger partial charge on any atom is 0.324 e. The highest BCUT2D eigenvalue weighted by Gasteiger charge is 2.32. The highest BCUT2D eigenvalue weighted by atomic mass is 35.5. The number of amides is 2. The normalized spacial score (nSPS) is 17.3. The van der Waals surface area contributed by atoms with Crippen LogP contribution < -0.4 is 10.6 Å². The Labute approximate surface area is 187 Å². The third-order valence-corrected chi connectivity index (χ3v) is 6.14. The molecule has 4 rings (SSSR count). The minimum atomic E-state index is -0.105. The quantitative estimate of drug-likeness (QED) is 0.696. The summed E-state index contributed by atoms with van der Waals surface area (Å²) in [6.07, 6.45) is 0. The molecule has 0 unspecified atom stereocenters. The van der Waals surface area contributed by atoms with E-state index in [2.05, 4.69) is 4.90 Å². The van der Waals surface area contributed by atoms with Crippen molar-refractivity contribution in [1.29, 1.82) is 0 Å². The van der Waals surface area contributed by atoms with E-state index in [0.717, 1.165) is 37.6 Å². The first-order chi connectivity index (χ1) is 15.0. The lowest BCUT2D eigenvalue weighted by Crippen LogP contribution is -2.59. The first kappa shape index (κ1) is 21.8. The first-order valence-corrected chi connectivity index (χ1v) is 10.9. The van der Waals surface area contributed by atoms with E-state index in [9.17, 15) is 9.59 Å². The number of nitrogens with two attached hydrogens (primary N) is 1. The lowest BCUT2D eigenvalue weighted by Gasteiger charge is -2.43. The molecule has 0 aliphatic carbocycles. The highest BCUT2D eigenvalue weighted by Crippen LogP contribution is 2.23. The molecule has 2 aliphatic heterocycles. The molecule has 2 aromatic carbocycles. The molecule has 7 nitrogen and oxygen atoms in total. The number of rotatable bonds is 6. The summed E-state index contributed by atoms with van der Waals surface area (Å²) < 4.78 is 5.30. The summed E-state index contributed by atoms with van der Waals surface area (Å²) in [4.78, 5) is 31.3. The van der Waals surface area contributed by atoms with E-state index in [1.165, 1.54) is 0 Å². The Bertz CT molecular complexity index is 907. The number of carbonyl (C=O) groups is 2. The molecule has 2 N–H and O–H groups in total. The maximum atomic E-state index is 13.5. The van der Waals surface area contributed by atoms with Crippen molar-refractivity contribution in [2.45, 2.75) is 12.6 Å². The van der Waals surface area contributed by atoms with Crippen molar-refractivity contribution in [3.05, 3.63) is 64.7 Å². The summed E-state index contributed by atoms with van der Waals surface area (Å²) in [6.45, 7) is 5.02. The van der Waals surface area contributed by atoms with Gasteiger partial charge in [0.1, 0.15) is 0 Å². The van der Waals surface area contributed by atoms with Crippen LogP contribution in [0.1, 0.15) is 15.9 Å². The molecule has 2 fully saturated rings. The molecule has 2 amide bonds. The number of hydrogen-bond donors (Lipinski definition) is 1. The van der Waals surface area contributed by atoms with E-state index >= 15 is 0 Å². The second-order valence-electron chi connectivity index (χ2n) is 7.88. The molecule has 31 heavy (non-hydrogen) atoms. The van der Waals surface area contributed by atoms with Gasteiger partial charge in [0, 0.05) is 42.5 Å². The zero-order valence-corrected chi connectivity index (χ0v) is 18.1. The molecule has 164 valence electrons. The SMILES string of the molecule is NCC(=O)c1ccc(CN(C(=O)N2CCN(C3COC3)CC2)c2ccc(Cl)cc2)cc1. The Hall–Kier alpha value is -2.45. The maximum absolute atomic E-state index is 13.5. The van der Waals surface area contributed by atoms with E-state index in [1.54, 1.807) is 29.2 Å². The molecule has 0 aromatic heterocycles. The van der Waals surface area contributed by atoms with Gasteiger partial charge in [-0.15, -0.1) is 0 Å². The van der Waals surface area contributed by atoms with Crippen molar-refractivity contribution in [1.82, 2.24) is 9.80 Å². The molecular weight excluding hydrogens is 416 g/mol. The van der Waals surface area contributed by atoms with Crippen molar-refractivity contribution in [3.8, 4) is 0 Å². The number of halogens is 1. The van der Waals surface area contributed by atoms with Crippen molar-refractivity contribution >= 4 is 29.1 Å². The van der Waals surface area contributed by atoms with Crippen LogP contribution in [0.25, 0.3) is 0 Å². The zero-order chi connectivity index (χ0) is 21.8. The second-order valence-corrected chi connectivity index (χ2v) is 8.32. The van der Waals surface area contributed by atoms with E-state index < -0.39 is 0 Å². The van der Waals surface area contributed by atoms with Crippen LogP contribution in [0.3, 0.4) is 0 Å². The number of nitrogens with zero attached hydrogens (tertiary/aromatic N) is 3. The Kier molecular flexibility index (Phi) is 6.87. The molecule has 0 atom stereocenters. The summed E-state index contributed by atoms with van der Waals surface area (Å²) in [5, 5.41) is 0.622. The zero-order valence-electron chi connectivity index (χ0n) is 17.4. The Balaban J connectivity index is 1.49. The van der Waals surface area contributed by atoms with Crippen molar-refractivity contribution < 1.29 is 14.3 Å². The number of carbonyl (C=O) groups excluding carboxylic acids is 2. The highest BCUT2D eigenvalue weighted by molar-refractivity contribution is 6.30. The topological polar surface area (TPSA) is 79.1 Å². The number of anilines is 1. The van der Waals surface area contributed by atoms with Crippen molar-refractivity contribution in [3.63, 3.8) is 0 Å². The van der Waals surface area contributed by atoms with Gasteiger partial charge in [-0.25, -0.2) is 4.79 Å². The third-order valence-electron chi connectivity index (χ3n) is 5.89. The smallest absolute Gasteiger partial charge is 0.324 e. The summed E-state index contributed by atoms with van der Waals surface area (Å²) in [5.41, 5.74) is 7.74. The Morgan fingerprint density at radius 1 is 1.00 bits per heavy atom. The van der Waals surface area contributed by atoms with Crippen LogP contribution in [-0.2, 0) is 11.3 Å². The van der Waals surface area contributed by atoms with Gasteiger partial charge in [0.25, 0.3) is 0 Å².